The van der Waals surface area contributed by atoms with Crippen LogP contribution in [-0.2, 0) is 9.53 Å². The standard InChI is InChI=1S/C16H25NO2S/c1-2-19-16(18)11-7-4-8-12-17-13-14-20-15-9-5-3-6-10-15/h3,5-6,9-10,17H,2,4,7-8,11-14H2,1H3. The van der Waals surface area contributed by atoms with Crippen LogP contribution in [0.4, 0.5) is 0 Å². The van der Waals surface area contributed by atoms with E-state index in [-0.39, 0.29) is 5.97 Å². The lowest BCUT2D eigenvalue weighted by Crippen LogP contribution is -2.18. The Hall–Kier alpha value is -1.00. The van der Waals surface area contributed by atoms with Crippen LogP contribution in [0.15, 0.2) is 35.2 Å². The fraction of sp³-hybridized carbons (Fsp3) is 0.562. The van der Waals surface area contributed by atoms with Crippen LogP contribution in [0.3, 0.4) is 0 Å². The molecule has 0 bridgehead atoms. The first kappa shape index (κ1) is 17.1. The smallest absolute Gasteiger partial charge is 0.305 e. The van der Waals surface area contributed by atoms with Crippen molar-refractivity contribution in [1.82, 2.24) is 5.32 Å². The first-order chi connectivity index (χ1) is 9.83. The van der Waals surface area contributed by atoms with Gasteiger partial charge in [-0.15, -0.1) is 11.8 Å². The Bertz CT molecular complexity index is 357. The van der Waals surface area contributed by atoms with E-state index in [1.54, 1.807) is 0 Å². The first-order valence-electron chi connectivity index (χ1n) is 7.37. The molecule has 112 valence electrons. The molecular formula is C16H25NO2S. The molecule has 1 N–H and O–H groups in total. The van der Waals surface area contributed by atoms with E-state index in [0.29, 0.717) is 13.0 Å². The largest absolute Gasteiger partial charge is 0.466 e. The van der Waals surface area contributed by atoms with Crippen LogP contribution in [0.25, 0.3) is 0 Å². The highest BCUT2D eigenvalue weighted by molar-refractivity contribution is 7.99. The average Bonchev–Trinajstić information content (AvgIpc) is 2.47. The molecule has 0 atom stereocenters. The third-order valence-electron chi connectivity index (χ3n) is 2.83. The SMILES string of the molecule is CCOC(=O)CCCCCNCCSc1ccccc1. The van der Waals surface area contributed by atoms with E-state index < -0.39 is 0 Å². The molecule has 0 saturated carbocycles. The van der Waals surface area contributed by atoms with Gasteiger partial charge < -0.3 is 10.1 Å². The molecule has 0 aliphatic heterocycles. The predicted octanol–water partition coefficient (Wildman–Crippen LogP) is 3.49. The molecule has 1 aromatic carbocycles. The zero-order chi connectivity index (χ0) is 14.5. The Morgan fingerprint density at radius 2 is 1.95 bits per heavy atom. The molecule has 0 saturated heterocycles. The van der Waals surface area contributed by atoms with Crippen molar-refractivity contribution in [3.05, 3.63) is 30.3 Å². The van der Waals surface area contributed by atoms with Gasteiger partial charge in [0.1, 0.15) is 0 Å². The molecule has 0 aromatic heterocycles. The van der Waals surface area contributed by atoms with Crippen molar-refractivity contribution in [1.29, 1.82) is 0 Å². The Morgan fingerprint density at radius 3 is 2.70 bits per heavy atom. The number of hydrogen-bond acceptors (Lipinski definition) is 4. The third kappa shape index (κ3) is 8.99. The van der Waals surface area contributed by atoms with Gasteiger partial charge in [0.25, 0.3) is 0 Å². The second kappa shape index (κ2) is 11.8. The summed E-state index contributed by atoms with van der Waals surface area (Å²) in [6, 6.07) is 10.5. The molecule has 0 radical (unpaired) electrons. The fourth-order valence-corrected chi connectivity index (χ4v) is 2.64. The van der Waals surface area contributed by atoms with E-state index in [9.17, 15) is 4.79 Å². The quantitative estimate of drug-likeness (QED) is 0.385. The molecule has 20 heavy (non-hydrogen) atoms. The Balaban J connectivity index is 1.84. The minimum Gasteiger partial charge on any atom is -0.466 e. The van der Waals surface area contributed by atoms with Crippen molar-refractivity contribution in [2.45, 2.75) is 37.5 Å². The van der Waals surface area contributed by atoms with Gasteiger partial charge in [0, 0.05) is 23.6 Å². The molecule has 0 amide bonds. The molecule has 0 spiro atoms. The van der Waals surface area contributed by atoms with Gasteiger partial charge in [0.2, 0.25) is 0 Å². The van der Waals surface area contributed by atoms with Crippen molar-refractivity contribution in [2.75, 3.05) is 25.4 Å². The summed E-state index contributed by atoms with van der Waals surface area (Å²) in [6.45, 7) is 4.38. The van der Waals surface area contributed by atoms with Crippen LogP contribution in [0.5, 0.6) is 0 Å². The lowest BCUT2D eigenvalue weighted by Gasteiger charge is -2.05. The maximum Gasteiger partial charge on any atom is 0.305 e. The lowest BCUT2D eigenvalue weighted by atomic mass is 10.2. The summed E-state index contributed by atoms with van der Waals surface area (Å²) in [6.07, 6.45) is 3.68. The van der Waals surface area contributed by atoms with E-state index in [1.807, 2.05) is 24.8 Å². The zero-order valence-corrected chi connectivity index (χ0v) is 13.1. The summed E-state index contributed by atoms with van der Waals surface area (Å²) < 4.78 is 4.89. The Kier molecular flexibility index (Phi) is 10.1. The van der Waals surface area contributed by atoms with Gasteiger partial charge in [-0.05, 0) is 38.4 Å². The van der Waals surface area contributed by atoms with Gasteiger partial charge >= 0.3 is 5.97 Å². The van der Waals surface area contributed by atoms with Gasteiger partial charge in [-0.25, -0.2) is 0 Å². The summed E-state index contributed by atoms with van der Waals surface area (Å²) in [5.41, 5.74) is 0. The summed E-state index contributed by atoms with van der Waals surface area (Å²) in [7, 11) is 0. The fourth-order valence-electron chi connectivity index (χ4n) is 1.81. The van der Waals surface area contributed by atoms with Gasteiger partial charge in [-0.1, -0.05) is 24.6 Å². The van der Waals surface area contributed by atoms with Crippen molar-refractivity contribution in [2.24, 2.45) is 0 Å². The van der Waals surface area contributed by atoms with Crippen molar-refractivity contribution < 1.29 is 9.53 Å². The van der Waals surface area contributed by atoms with Gasteiger partial charge in [0.05, 0.1) is 6.61 Å². The van der Waals surface area contributed by atoms with E-state index in [1.165, 1.54) is 4.90 Å². The molecule has 0 aliphatic carbocycles. The van der Waals surface area contributed by atoms with Crippen LogP contribution in [-0.4, -0.2) is 31.4 Å². The highest BCUT2D eigenvalue weighted by Crippen LogP contribution is 2.15. The van der Waals surface area contributed by atoms with Crippen LogP contribution in [0, 0.1) is 0 Å². The number of benzene rings is 1. The minimum atomic E-state index is -0.0697. The normalized spacial score (nSPS) is 10.4. The minimum absolute atomic E-state index is 0.0697. The summed E-state index contributed by atoms with van der Waals surface area (Å²) in [5.74, 6) is 1.02. The molecule has 4 heteroatoms. The summed E-state index contributed by atoms with van der Waals surface area (Å²) in [4.78, 5) is 12.4. The van der Waals surface area contributed by atoms with Crippen molar-refractivity contribution >= 4 is 17.7 Å². The van der Waals surface area contributed by atoms with Crippen LogP contribution in [0.2, 0.25) is 0 Å². The molecule has 1 aromatic rings. The second-order valence-electron chi connectivity index (χ2n) is 4.53. The van der Waals surface area contributed by atoms with Crippen LogP contribution < -0.4 is 5.32 Å². The van der Waals surface area contributed by atoms with Gasteiger partial charge in [0.15, 0.2) is 0 Å². The molecular weight excluding hydrogens is 270 g/mol. The maximum absolute atomic E-state index is 11.1. The van der Waals surface area contributed by atoms with E-state index in [4.69, 9.17) is 4.74 Å². The van der Waals surface area contributed by atoms with Crippen molar-refractivity contribution in [3.63, 3.8) is 0 Å². The van der Waals surface area contributed by atoms with Crippen LogP contribution >= 0.6 is 11.8 Å². The predicted molar refractivity (Wildman–Crippen MR) is 85.1 cm³/mol. The van der Waals surface area contributed by atoms with Crippen LogP contribution in [0.1, 0.15) is 32.6 Å². The molecule has 3 nitrogen and oxygen atoms in total. The molecule has 0 fully saturated rings. The Morgan fingerprint density at radius 1 is 1.15 bits per heavy atom. The zero-order valence-electron chi connectivity index (χ0n) is 12.3. The topological polar surface area (TPSA) is 38.3 Å². The number of rotatable bonds is 11. The second-order valence-corrected chi connectivity index (χ2v) is 5.70. The lowest BCUT2D eigenvalue weighted by molar-refractivity contribution is -0.143. The maximum atomic E-state index is 11.1. The number of unbranched alkanes of at least 4 members (excludes halogenated alkanes) is 2. The summed E-state index contributed by atoms with van der Waals surface area (Å²) >= 11 is 1.87. The van der Waals surface area contributed by atoms with Crippen molar-refractivity contribution in [3.8, 4) is 0 Å². The van der Waals surface area contributed by atoms with E-state index in [2.05, 4.69) is 29.6 Å². The average molecular weight is 295 g/mol. The molecule has 1 rings (SSSR count). The molecule has 0 unspecified atom stereocenters. The summed E-state index contributed by atoms with van der Waals surface area (Å²) in [5, 5.41) is 3.43. The first-order valence-corrected chi connectivity index (χ1v) is 8.35. The number of nitrogens with one attached hydrogen (secondary N) is 1. The number of thioether (sulfide) groups is 1. The Labute approximate surface area is 126 Å². The number of carbonyl (C=O) groups excluding carboxylic acids is 1. The van der Waals surface area contributed by atoms with Gasteiger partial charge in [-0.3, -0.25) is 4.79 Å². The van der Waals surface area contributed by atoms with E-state index >= 15 is 0 Å². The number of esters is 1. The third-order valence-corrected chi connectivity index (χ3v) is 3.84. The monoisotopic (exact) mass is 295 g/mol. The van der Waals surface area contributed by atoms with Gasteiger partial charge in [-0.2, -0.15) is 0 Å². The highest BCUT2D eigenvalue weighted by atomic mass is 32.2. The number of carbonyl (C=O) groups is 1. The van der Waals surface area contributed by atoms with E-state index in [0.717, 1.165) is 38.1 Å². The molecule has 0 heterocycles. The molecule has 0 aliphatic rings. The number of ether oxygens (including phenoxy) is 1. The highest BCUT2D eigenvalue weighted by Gasteiger charge is 2.00. The number of hydrogen-bond donors (Lipinski definition) is 1.